The van der Waals surface area contributed by atoms with Crippen LogP contribution >= 0.6 is 10.5 Å². The van der Waals surface area contributed by atoms with Crippen LogP contribution in [0.1, 0.15) is 24.2 Å². The molecule has 84 valence electrons. The van der Waals surface area contributed by atoms with Gasteiger partial charge in [0.05, 0.1) is 4.86 Å². The van der Waals surface area contributed by atoms with Crippen molar-refractivity contribution in [3.8, 4) is 0 Å². The summed E-state index contributed by atoms with van der Waals surface area (Å²) >= 11 is 0. The van der Waals surface area contributed by atoms with Crippen molar-refractivity contribution < 1.29 is 9.59 Å². The Morgan fingerprint density at radius 2 is 1.94 bits per heavy atom. The molecule has 1 aliphatic heterocycles. The first-order valence-corrected chi connectivity index (χ1v) is 6.91. The van der Waals surface area contributed by atoms with Gasteiger partial charge in [-0.15, -0.1) is 0 Å². The van der Waals surface area contributed by atoms with Gasteiger partial charge >= 0.3 is 0 Å². The lowest BCUT2D eigenvalue weighted by molar-refractivity contribution is -0.115. The van der Waals surface area contributed by atoms with Crippen molar-refractivity contribution in [2.75, 3.05) is 6.26 Å². The summed E-state index contributed by atoms with van der Waals surface area (Å²) in [5, 5.41) is 0.201. The highest BCUT2D eigenvalue weighted by Crippen LogP contribution is 2.42. The summed E-state index contributed by atoms with van der Waals surface area (Å²) in [5.41, 5.74) is 1.16. The maximum Gasteiger partial charge on any atom is 0.173 e. The first-order valence-electron chi connectivity index (χ1n) is 5.22. The van der Waals surface area contributed by atoms with Crippen LogP contribution in [0.4, 0.5) is 0 Å². The van der Waals surface area contributed by atoms with Crippen molar-refractivity contribution in [1.29, 1.82) is 0 Å². The van der Waals surface area contributed by atoms with Crippen molar-refractivity contribution in [3.05, 3.63) is 35.9 Å². The normalized spacial score (nSPS) is 24.9. The van der Waals surface area contributed by atoms with Crippen LogP contribution in [0, 0.1) is 0 Å². The van der Waals surface area contributed by atoms with Crippen LogP contribution in [-0.2, 0) is 9.59 Å². The molecule has 0 aromatic heterocycles. The van der Waals surface area contributed by atoms with Crippen LogP contribution in [-0.4, -0.2) is 22.7 Å². The van der Waals surface area contributed by atoms with Gasteiger partial charge < -0.3 is 0 Å². The van der Waals surface area contributed by atoms with Gasteiger partial charge in [-0.05, 0) is 18.7 Å². The summed E-state index contributed by atoms with van der Waals surface area (Å²) in [4.78, 5) is 23.7. The number of ketones is 2. The molecule has 2 unspecified atom stereocenters. The summed E-state index contributed by atoms with van der Waals surface area (Å²) < 4.78 is 0. The molecule has 0 radical (unpaired) electrons. The average molecular weight is 234 g/mol. The zero-order chi connectivity index (χ0) is 11.7. The highest BCUT2D eigenvalue weighted by Gasteiger charge is 2.31. The van der Waals surface area contributed by atoms with Crippen LogP contribution in [0.2, 0.25) is 0 Å². The molecule has 16 heavy (non-hydrogen) atoms. The smallest absolute Gasteiger partial charge is 0.173 e. The van der Waals surface area contributed by atoms with Gasteiger partial charge in [-0.3, -0.25) is 9.59 Å². The van der Waals surface area contributed by atoms with E-state index in [1.165, 1.54) is 6.92 Å². The highest BCUT2D eigenvalue weighted by molar-refractivity contribution is 8.18. The number of carbonyl (C=O) groups is 2. The standard InChI is InChI=1S/C13H14O2S/c1-9(14)13-11(15)8-12(16(13)2)10-6-4-3-5-7-10/h3-7,12H,8H2,1-2H3. The number of hydrogen-bond donors (Lipinski definition) is 0. The maximum absolute atomic E-state index is 11.8. The number of rotatable bonds is 2. The highest BCUT2D eigenvalue weighted by atomic mass is 32.2. The third kappa shape index (κ3) is 1.87. The monoisotopic (exact) mass is 234 g/mol. The lowest BCUT2D eigenvalue weighted by Crippen LogP contribution is -2.16. The van der Waals surface area contributed by atoms with Gasteiger partial charge in [-0.1, -0.05) is 30.3 Å². The molecule has 0 amide bonds. The van der Waals surface area contributed by atoms with Gasteiger partial charge in [0.1, 0.15) is 0 Å². The molecule has 0 aliphatic carbocycles. The van der Waals surface area contributed by atoms with Gasteiger partial charge in [0.15, 0.2) is 11.6 Å². The van der Waals surface area contributed by atoms with Crippen LogP contribution < -0.4 is 0 Å². The Morgan fingerprint density at radius 1 is 1.31 bits per heavy atom. The predicted octanol–water partition coefficient (Wildman–Crippen LogP) is 2.36. The molecular formula is C13H14O2S. The number of carbonyl (C=O) groups excluding carboxylic acids is 2. The Kier molecular flexibility index (Phi) is 3.06. The van der Waals surface area contributed by atoms with Crippen molar-refractivity contribution in [3.63, 3.8) is 0 Å². The summed E-state index contributed by atoms with van der Waals surface area (Å²) in [6, 6.07) is 9.98. The predicted molar refractivity (Wildman–Crippen MR) is 68.0 cm³/mol. The van der Waals surface area contributed by atoms with E-state index < -0.39 is 0 Å². The van der Waals surface area contributed by atoms with E-state index in [4.69, 9.17) is 0 Å². The van der Waals surface area contributed by atoms with E-state index in [1.54, 1.807) is 0 Å². The first-order chi connectivity index (χ1) is 7.61. The Balaban J connectivity index is 2.42. The number of Topliss-reactive ketones (excluding diaryl/α,β-unsaturated/α-hetero) is 2. The lowest BCUT2D eigenvalue weighted by Gasteiger charge is -2.12. The molecule has 1 aliphatic rings. The summed E-state index contributed by atoms with van der Waals surface area (Å²) in [5.74, 6) is -0.0264. The fourth-order valence-electron chi connectivity index (χ4n) is 2.12. The molecule has 0 bridgehead atoms. The number of benzene rings is 1. The third-order valence-electron chi connectivity index (χ3n) is 2.86. The largest absolute Gasteiger partial charge is 0.294 e. The molecule has 2 atom stereocenters. The molecule has 2 nitrogen and oxygen atoms in total. The minimum atomic E-state index is -0.242. The van der Waals surface area contributed by atoms with Gasteiger partial charge in [-0.25, -0.2) is 0 Å². The van der Waals surface area contributed by atoms with Crippen LogP contribution in [0.3, 0.4) is 0 Å². The van der Waals surface area contributed by atoms with Gasteiger partial charge in [0.25, 0.3) is 0 Å². The van der Waals surface area contributed by atoms with Crippen molar-refractivity contribution in [1.82, 2.24) is 0 Å². The Hall–Kier alpha value is -1.22. The van der Waals surface area contributed by atoms with Crippen LogP contribution in [0.15, 0.2) is 30.3 Å². The maximum atomic E-state index is 11.8. The molecule has 1 aromatic carbocycles. The molecule has 0 saturated heterocycles. The Bertz CT molecular complexity index is 474. The van der Waals surface area contributed by atoms with Gasteiger partial charge in [0, 0.05) is 11.7 Å². The van der Waals surface area contributed by atoms with Crippen molar-refractivity contribution in [2.24, 2.45) is 0 Å². The third-order valence-corrected chi connectivity index (χ3v) is 5.32. The Labute approximate surface area is 97.6 Å². The fourth-order valence-corrected chi connectivity index (χ4v) is 4.27. The summed E-state index contributed by atoms with van der Waals surface area (Å²) in [6.45, 7) is 1.49. The minimum absolute atomic E-state index is 0.0344. The topological polar surface area (TPSA) is 34.1 Å². The molecule has 1 heterocycles. The average Bonchev–Trinajstić information content (AvgIpc) is 2.55. The van der Waals surface area contributed by atoms with Crippen molar-refractivity contribution >= 4 is 26.9 Å². The zero-order valence-corrected chi connectivity index (χ0v) is 10.2. The van der Waals surface area contributed by atoms with Crippen molar-refractivity contribution in [2.45, 2.75) is 18.6 Å². The quantitative estimate of drug-likeness (QED) is 0.736. The summed E-state index contributed by atoms with van der Waals surface area (Å²) in [6.07, 6.45) is 2.48. The van der Waals surface area contributed by atoms with E-state index in [0.717, 1.165) is 5.56 Å². The second-order valence-electron chi connectivity index (χ2n) is 3.97. The first kappa shape index (κ1) is 11.3. The second kappa shape index (κ2) is 4.34. The summed E-state index contributed by atoms with van der Waals surface area (Å²) in [7, 11) is -0.242. The molecule has 0 saturated carbocycles. The van der Waals surface area contributed by atoms with E-state index in [0.29, 0.717) is 11.3 Å². The molecule has 1 aromatic rings. The van der Waals surface area contributed by atoms with E-state index in [-0.39, 0.29) is 27.3 Å². The SMILES string of the molecule is CC(=O)C1=S(C)C(c2ccccc2)CC1=O. The fraction of sp³-hybridized carbons (Fsp3) is 0.308. The van der Waals surface area contributed by atoms with Crippen LogP contribution in [0.5, 0.6) is 0 Å². The molecule has 2 rings (SSSR count). The molecular weight excluding hydrogens is 220 g/mol. The molecule has 0 N–H and O–H groups in total. The lowest BCUT2D eigenvalue weighted by atomic mass is 10.1. The number of hydrogen-bond acceptors (Lipinski definition) is 2. The molecule has 0 fully saturated rings. The second-order valence-corrected chi connectivity index (χ2v) is 6.06. The van der Waals surface area contributed by atoms with E-state index in [9.17, 15) is 9.59 Å². The van der Waals surface area contributed by atoms with Crippen LogP contribution in [0.25, 0.3) is 0 Å². The molecule has 3 heteroatoms. The van der Waals surface area contributed by atoms with Gasteiger partial charge in [-0.2, -0.15) is 10.5 Å². The van der Waals surface area contributed by atoms with E-state index in [1.807, 2.05) is 36.6 Å². The van der Waals surface area contributed by atoms with E-state index >= 15 is 0 Å². The zero-order valence-electron chi connectivity index (χ0n) is 9.40. The molecule has 0 spiro atoms. The Morgan fingerprint density at radius 3 is 2.44 bits per heavy atom. The minimum Gasteiger partial charge on any atom is -0.294 e. The van der Waals surface area contributed by atoms with E-state index in [2.05, 4.69) is 0 Å². The van der Waals surface area contributed by atoms with Gasteiger partial charge in [0.2, 0.25) is 0 Å².